The molecule has 2 heteroatoms. The van der Waals surface area contributed by atoms with Crippen LogP contribution in [0.3, 0.4) is 0 Å². The van der Waals surface area contributed by atoms with Crippen LogP contribution in [-0.4, -0.2) is 17.0 Å². The van der Waals surface area contributed by atoms with Crippen molar-refractivity contribution in [3.8, 4) is 0 Å². The highest BCUT2D eigenvalue weighted by Crippen LogP contribution is 2.41. The zero-order valence-corrected chi connectivity index (χ0v) is 5.21. The van der Waals surface area contributed by atoms with Gasteiger partial charge in [-0.2, -0.15) is 0 Å². The first-order valence-electron chi connectivity index (χ1n) is 3.48. The van der Waals surface area contributed by atoms with E-state index >= 15 is 0 Å². The van der Waals surface area contributed by atoms with E-state index in [2.05, 4.69) is 0 Å². The summed E-state index contributed by atoms with van der Waals surface area (Å²) >= 11 is 0. The lowest BCUT2D eigenvalue weighted by molar-refractivity contribution is -0.123. The third-order valence-electron chi connectivity index (χ3n) is 2.58. The van der Waals surface area contributed by atoms with Crippen LogP contribution in [0.2, 0.25) is 0 Å². The van der Waals surface area contributed by atoms with E-state index in [1.54, 1.807) is 0 Å². The summed E-state index contributed by atoms with van der Waals surface area (Å²) in [5.74, 6) is 0.929. The number of rotatable bonds is 0. The fraction of sp³-hybridized carbons (Fsp3) is 0.857. The van der Waals surface area contributed by atoms with Crippen molar-refractivity contribution >= 4 is 5.78 Å². The summed E-state index contributed by atoms with van der Waals surface area (Å²) in [6, 6.07) is 0. The minimum atomic E-state index is -0.160. The number of Topliss-reactive ketones (excluding diaryl/α,β-unsaturated/α-hetero) is 1. The maximum Gasteiger partial charge on any atom is 0.136 e. The van der Waals surface area contributed by atoms with E-state index in [9.17, 15) is 9.90 Å². The van der Waals surface area contributed by atoms with Gasteiger partial charge in [0, 0.05) is 12.3 Å². The van der Waals surface area contributed by atoms with Crippen molar-refractivity contribution in [1.82, 2.24) is 0 Å². The molecule has 3 atom stereocenters. The molecular weight excluding hydrogens is 116 g/mol. The molecule has 2 nitrogen and oxygen atoms in total. The van der Waals surface area contributed by atoms with Crippen molar-refractivity contribution in [3.63, 3.8) is 0 Å². The van der Waals surface area contributed by atoms with Crippen molar-refractivity contribution in [1.29, 1.82) is 0 Å². The molecule has 2 aliphatic carbocycles. The number of aliphatic hydroxyl groups is 1. The van der Waals surface area contributed by atoms with E-state index in [-0.39, 0.29) is 12.0 Å². The maximum atomic E-state index is 10.9. The summed E-state index contributed by atoms with van der Waals surface area (Å²) in [5.41, 5.74) is 0. The minimum absolute atomic E-state index is 0.160. The average molecular weight is 126 g/mol. The Hall–Kier alpha value is -0.370. The summed E-state index contributed by atoms with van der Waals surface area (Å²) in [7, 11) is 0. The first-order valence-corrected chi connectivity index (χ1v) is 3.48. The molecule has 0 aliphatic heterocycles. The molecule has 2 rings (SSSR count). The van der Waals surface area contributed by atoms with Gasteiger partial charge in [-0.3, -0.25) is 4.79 Å². The van der Waals surface area contributed by atoms with E-state index in [1.165, 1.54) is 0 Å². The van der Waals surface area contributed by atoms with Crippen LogP contribution in [0.15, 0.2) is 0 Å². The SMILES string of the molecule is O=C1C[C@H]2C[C@@H]1C[C@@H]2O. The van der Waals surface area contributed by atoms with E-state index < -0.39 is 0 Å². The Kier molecular flexibility index (Phi) is 0.943. The lowest BCUT2D eigenvalue weighted by Gasteiger charge is -2.13. The summed E-state index contributed by atoms with van der Waals surface area (Å²) in [6.45, 7) is 0. The molecular formula is C7H10O2. The van der Waals surface area contributed by atoms with Crippen molar-refractivity contribution in [3.05, 3.63) is 0 Å². The van der Waals surface area contributed by atoms with Crippen LogP contribution in [-0.2, 0) is 4.79 Å². The number of ketones is 1. The maximum absolute atomic E-state index is 10.9. The van der Waals surface area contributed by atoms with Crippen LogP contribution in [0, 0.1) is 11.8 Å². The van der Waals surface area contributed by atoms with E-state index in [1.807, 2.05) is 0 Å². The predicted molar refractivity (Wildman–Crippen MR) is 31.8 cm³/mol. The Balaban J connectivity index is 2.19. The minimum Gasteiger partial charge on any atom is -0.393 e. The molecule has 0 aromatic carbocycles. The van der Waals surface area contributed by atoms with Gasteiger partial charge < -0.3 is 5.11 Å². The highest BCUT2D eigenvalue weighted by atomic mass is 16.3. The van der Waals surface area contributed by atoms with Gasteiger partial charge in [-0.25, -0.2) is 0 Å². The van der Waals surface area contributed by atoms with Crippen LogP contribution < -0.4 is 0 Å². The van der Waals surface area contributed by atoms with E-state index in [0.717, 1.165) is 12.8 Å². The smallest absolute Gasteiger partial charge is 0.136 e. The Morgan fingerprint density at radius 1 is 1.44 bits per heavy atom. The summed E-state index contributed by atoms with van der Waals surface area (Å²) in [4.78, 5) is 10.9. The molecule has 2 aliphatic rings. The number of carbonyl (C=O) groups excluding carboxylic acids is 1. The molecule has 50 valence electrons. The van der Waals surface area contributed by atoms with Crippen molar-refractivity contribution in [2.75, 3.05) is 0 Å². The van der Waals surface area contributed by atoms with Crippen molar-refractivity contribution in [2.45, 2.75) is 25.4 Å². The van der Waals surface area contributed by atoms with Crippen LogP contribution in [0.25, 0.3) is 0 Å². The number of hydrogen-bond donors (Lipinski definition) is 1. The lowest BCUT2D eigenvalue weighted by atomic mass is 9.97. The summed E-state index contributed by atoms with van der Waals surface area (Å²) < 4.78 is 0. The second-order valence-corrected chi connectivity index (χ2v) is 3.17. The Labute approximate surface area is 53.9 Å². The molecule has 0 spiro atoms. The number of aliphatic hydroxyl groups excluding tert-OH is 1. The third kappa shape index (κ3) is 0.628. The van der Waals surface area contributed by atoms with Crippen LogP contribution in [0.4, 0.5) is 0 Å². The number of fused-ring (bicyclic) bond motifs is 2. The molecule has 2 fully saturated rings. The molecule has 2 saturated carbocycles. The van der Waals surface area contributed by atoms with E-state index in [0.29, 0.717) is 18.1 Å². The Morgan fingerprint density at radius 2 is 2.22 bits per heavy atom. The van der Waals surface area contributed by atoms with Crippen LogP contribution in [0.5, 0.6) is 0 Å². The fourth-order valence-corrected chi connectivity index (χ4v) is 2.01. The standard InChI is InChI=1S/C7H10O2/c8-6-2-4-1-5(6)3-7(4)9/h4-6,8H,1-3H2/t4-,5-,6+/m1/s1. The Bertz CT molecular complexity index is 151. The highest BCUT2D eigenvalue weighted by molar-refractivity contribution is 5.84. The van der Waals surface area contributed by atoms with Gasteiger partial charge in [0.05, 0.1) is 6.10 Å². The normalized spacial score (nSPS) is 48.6. The molecule has 9 heavy (non-hydrogen) atoms. The zero-order chi connectivity index (χ0) is 6.43. The van der Waals surface area contributed by atoms with Gasteiger partial charge in [0.1, 0.15) is 5.78 Å². The topological polar surface area (TPSA) is 37.3 Å². The quantitative estimate of drug-likeness (QED) is 0.508. The van der Waals surface area contributed by atoms with Crippen LogP contribution >= 0.6 is 0 Å². The predicted octanol–water partition coefficient (Wildman–Crippen LogP) is 0.346. The van der Waals surface area contributed by atoms with Gasteiger partial charge in [0.15, 0.2) is 0 Å². The average Bonchev–Trinajstić information content (AvgIpc) is 2.24. The summed E-state index contributed by atoms with van der Waals surface area (Å²) in [6.07, 6.45) is 2.18. The first kappa shape index (κ1) is 5.42. The second kappa shape index (κ2) is 1.57. The van der Waals surface area contributed by atoms with Gasteiger partial charge in [0.2, 0.25) is 0 Å². The molecule has 0 amide bonds. The lowest BCUT2D eigenvalue weighted by Crippen LogP contribution is -2.20. The second-order valence-electron chi connectivity index (χ2n) is 3.17. The molecule has 0 aromatic heterocycles. The monoisotopic (exact) mass is 126 g/mol. The van der Waals surface area contributed by atoms with Crippen LogP contribution in [0.1, 0.15) is 19.3 Å². The zero-order valence-electron chi connectivity index (χ0n) is 5.21. The Morgan fingerprint density at radius 3 is 2.56 bits per heavy atom. The van der Waals surface area contributed by atoms with E-state index in [4.69, 9.17) is 0 Å². The molecule has 2 bridgehead atoms. The van der Waals surface area contributed by atoms with Gasteiger partial charge in [-0.15, -0.1) is 0 Å². The molecule has 1 N–H and O–H groups in total. The van der Waals surface area contributed by atoms with Crippen molar-refractivity contribution < 1.29 is 9.90 Å². The third-order valence-corrected chi connectivity index (χ3v) is 2.58. The first-order chi connectivity index (χ1) is 4.27. The molecule has 0 unspecified atom stereocenters. The molecule has 0 aromatic rings. The largest absolute Gasteiger partial charge is 0.393 e. The number of hydrogen-bond acceptors (Lipinski definition) is 2. The van der Waals surface area contributed by atoms with Gasteiger partial charge >= 0.3 is 0 Å². The molecule has 0 saturated heterocycles. The van der Waals surface area contributed by atoms with Gasteiger partial charge in [-0.05, 0) is 18.8 Å². The fourth-order valence-electron chi connectivity index (χ4n) is 2.01. The van der Waals surface area contributed by atoms with Gasteiger partial charge in [0.25, 0.3) is 0 Å². The van der Waals surface area contributed by atoms with Crippen molar-refractivity contribution in [2.24, 2.45) is 11.8 Å². The number of carbonyl (C=O) groups is 1. The molecule has 0 heterocycles. The summed E-state index contributed by atoms with van der Waals surface area (Å²) in [5, 5.41) is 9.18. The molecule has 0 radical (unpaired) electrons. The van der Waals surface area contributed by atoms with Gasteiger partial charge in [-0.1, -0.05) is 0 Å². The highest BCUT2D eigenvalue weighted by Gasteiger charge is 2.44.